The Bertz CT molecular complexity index is 1910. The second kappa shape index (κ2) is 11.2. The molecule has 2 bridgehead atoms. The van der Waals surface area contributed by atoms with E-state index in [0.29, 0.717) is 36.1 Å². The Hall–Kier alpha value is -4.70. The van der Waals surface area contributed by atoms with Gasteiger partial charge in [0.2, 0.25) is 11.9 Å². The van der Waals surface area contributed by atoms with Gasteiger partial charge in [0.15, 0.2) is 5.65 Å². The lowest BCUT2D eigenvalue weighted by molar-refractivity contribution is -0.116. The summed E-state index contributed by atoms with van der Waals surface area (Å²) in [7, 11) is 2.19. The number of benzene rings is 2. The molecule has 10 heteroatoms. The third kappa shape index (κ3) is 5.12. The summed E-state index contributed by atoms with van der Waals surface area (Å²) in [5.74, 6) is 0.395. The van der Waals surface area contributed by atoms with Gasteiger partial charge in [0.25, 0.3) is 5.56 Å². The molecule has 2 aromatic carbocycles. The van der Waals surface area contributed by atoms with Crippen LogP contribution >= 0.6 is 0 Å². The molecule has 220 valence electrons. The van der Waals surface area contributed by atoms with E-state index in [2.05, 4.69) is 63.4 Å². The Labute approximate surface area is 249 Å². The van der Waals surface area contributed by atoms with Crippen molar-refractivity contribution in [3.8, 4) is 5.69 Å². The highest BCUT2D eigenvalue weighted by atomic mass is 16.2. The second-order valence-electron chi connectivity index (χ2n) is 11.6. The number of rotatable bonds is 3. The Morgan fingerprint density at radius 3 is 2.67 bits per heavy atom. The predicted octanol–water partition coefficient (Wildman–Crippen LogP) is 5.25. The van der Waals surface area contributed by atoms with Gasteiger partial charge in [-0.1, -0.05) is 18.2 Å². The average Bonchev–Trinajstić information content (AvgIpc) is 3.54. The van der Waals surface area contributed by atoms with Crippen molar-refractivity contribution in [3.63, 3.8) is 0 Å². The summed E-state index contributed by atoms with van der Waals surface area (Å²) in [6.45, 7) is 4.85. The SMILES string of the molecule is CC(=O)N1CCCC=CCn2c(=O)c3cnc(Nc4ccc5c(ccn5C5CCN(C)CC5)c4)nc3n2-c2cccc1c2. The van der Waals surface area contributed by atoms with Gasteiger partial charge in [-0.2, -0.15) is 4.98 Å². The highest BCUT2D eigenvalue weighted by Gasteiger charge is 2.21. The van der Waals surface area contributed by atoms with Gasteiger partial charge in [0.1, 0.15) is 5.39 Å². The van der Waals surface area contributed by atoms with Crippen LogP contribution in [0.3, 0.4) is 0 Å². The summed E-state index contributed by atoms with van der Waals surface area (Å²) in [6, 6.07) is 16.7. The van der Waals surface area contributed by atoms with Crippen molar-refractivity contribution in [2.24, 2.45) is 0 Å². The summed E-state index contributed by atoms with van der Waals surface area (Å²) in [5.41, 5.74) is 4.01. The molecule has 7 rings (SSSR count). The first-order valence-corrected chi connectivity index (χ1v) is 15.0. The molecule has 1 fully saturated rings. The maximum atomic E-state index is 13.6. The molecule has 5 heterocycles. The molecule has 1 amide bonds. The number of anilines is 3. The van der Waals surface area contributed by atoms with Crippen molar-refractivity contribution in [3.05, 3.63) is 83.4 Å². The molecule has 2 aliphatic rings. The molecular formula is C33H36N8O2. The van der Waals surface area contributed by atoms with Gasteiger partial charge in [0.05, 0.1) is 12.2 Å². The lowest BCUT2D eigenvalue weighted by Crippen LogP contribution is -2.31. The van der Waals surface area contributed by atoms with E-state index >= 15 is 0 Å². The smallest absolute Gasteiger partial charge is 0.278 e. The third-order valence-corrected chi connectivity index (χ3v) is 8.70. The van der Waals surface area contributed by atoms with Gasteiger partial charge in [-0.15, -0.1) is 0 Å². The Morgan fingerprint density at radius 1 is 1.00 bits per heavy atom. The Morgan fingerprint density at radius 2 is 1.84 bits per heavy atom. The first-order chi connectivity index (χ1) is 21.0. The number of nitrogens with zero attached hydrogens (tertiary/aromatic N) is 7. The van der Waals surface area contributed by atoms with E-state index in [1.54, 1.807) is 22.7 Å². The number of piperidine rings is 1. The molecule has 0 radical (unpaired) electrons. The fourth-order valence-corrected chi connectivity index (χ4v) is 6.40. The van der Waals surface area contributed by atoms with Crippen molar-refractivity contribution in [1.82, 2.24) is 28.8 Å². The van der Waals surface area contributed by atoms with Crippen LogP contribution in [0.4, 0.5) is 17.3 Å². The van der Waals surface area contributed by atoms with Gasteiger partial charge in [-0.05, 0) is 88.3 Å². The average molecular weight is 577 g/mol. The van der Waals surface area contributed by atoms with Crippen molar-refractivity contribution in [1.29, 1.82) is 0 Å². The second-order valence-corrected chi connectivity index (χ2v) is 11.6. The summed E-state index contributed by atoms with van der Waals surface area (Å²) in [6.07, 6.45) is 11.8. The highest BCUT2D eigenvalue weighted by molar-refractivity contribution is 5.92. The van der Waals surface area contributed by atoms with E-state index in [1.165, 1.54) is 5.52 Å². The van der Waals surface area contributed by atoms with Gasteiger partial charge < -0.3 is 19.7 Å². The molecule has 1 saturated heterocycles. The fourth-order valence-electron chi connectivity index (χ4n) is 6.40. The molecule has 1 N–H and O–H groups in total. The van der Waals surface area contributed by atoms with Crippen LogP contribution in [-0.4, -0.2) is 61.4 Å². The monoisotopic (exact) mass is 576 g/mol. The van der Waals surface area contributed by atoms with Gasteiger partial charge in [-0.25, -0.2) is 14.3 Å². The summed E-state index contributed by atoms with van der Waals surface area (Å²) in [4.78, 5) is 39.6. The minimum atomic E-state index is -0.159. The topological polar surface area (TPSA) is 93.2 Å². The standard InChI is InChI=1S/C33H36N8O2/c1-23(42)38-15-5-3-4-6-16-40-32(43)29-22-34-33(36-31(29)41(40)28-9-7-8-27(38)21-28)35-25-10-11-30-24(20-25)12-19-39(30)26-13-17-37(2)18-14-26/h4,6-12,19-22,26H,3,5,13-18H2,1-2H3,(H,34,35,36). The maximum absolute atomic E-state index is 13.6. The molecule has 3 aromatic heterocycles. The van der Waals surface area contributed by atoms with E-state index in [1.807, 2.05) is 35.0 Å². The lowest BCUT2D eigenvalue weighted by Gasteiger charge is -2.30. The number of carbonyl (C=O) groups excluding carboxylic acids is 1. The van der Waals surface area contributed by atoms with Crippen LogP contribution in [0.5, 0.6) is 0 Å². The molecule has 0 saturated carbocycles. The number of allylic oxidation sites excluding steroid dienone is 2. The van der Waals surface area contributed by atoms with Crippen LogP contribution in [0.25, 0.3) is 27.6 Å². The number of aromatic nitrogens is 5. The van der Waals surface area contributed by atoms with Crippen molar-refractivity contribution in [2.75, 3.05) is 36.9 Å². The molecule has 0 aliphatic carbocycles. The normalized spacial score (nSPS) is 16.7. The highest BCUT2D eigenvalue weighted by Crippen LogP contribution is 2.30. The molecule has 0 spiro atoms. The van der Waals surface area contributed by atoms with Crippen LogP contribution in [0.1, 0.15) is 38.6 Å². The van der Waals surface area contributed by atoms with Gasteiger partial charge in [0, 0.05) is 54.2 Å². The molecule has 2 aliphatic heterocycles. The summed E-state index contributed by atoms with van der Waals surface area (Å²) < 4.78 is 5.92. The molecule has 10 nitrogen and oxygen atoms in total. The molecule has 0 unspecified atom stereocenters. The molecule has 5 aromatic rings. The van der Waals surface area contributed by atoms with Crippen molar-refractivity contribution in [2.45, 2.75) is 45.2 Å². The first-order valence-electron chi connectivity index (χ1n) is 15.0. The maximum Gasteiger partial charge on any atom is 0.278 e. The van der Waals surface area contributed by atoms with Crippen molar-refractivity contribution >= 4 is 45.2 Å². The minimum Gasteiger partial charge on any atom is -0.344 e. The number of hydrogen-bond donors (Lipinski definition) is 1. The van der Waals surface area contributed by atoms with E-state index < -0.39 is 0 Å². The van der Waals surface area contributed by atoms with Crippen LogP contribution in [0.2, 0.25) is 0 Å². The molecule has 43 heavy (non-hydrogen) atoms. The quantitative estimate of drug-likeness (QED) is 0.295. The van der Waals surface area contributed by atoms with Crippen molar-refractivity contribution < 1.29 is 4.79 Å². The van der Waals surface area contributed by atoms with Crippen LogP contribution in [0, 0.1) is 0 Å². The largest absolute Gasteiger partial charge is 0.344 e. The number of likely N-dealkylation sites (tertiary alicyclic amines) is 1. The zero-order chi connectivity index (χ0) is 29.5. The number of carbonyl (C=O) groups is 1. The van der Waals surface area contributed by atoms with E-state index in [-0.39, 0.29) is 11.5 Å². The van der Waals surface area contributed by atoms with Crippen LogP contribution in [-0.2, 0) is 11.3 Å². The van der Waals surface area contributed by atoms with E-state index in [0.717, 1.165) is 61.2 Å². The Balaban J connectivity index is 1.26. The number of amides is 1. The molecular weight excluding hydrogens is 540 g/mol. The van der Waals surface area contributed by atoms with Crippen LogP contribution < -0.4 is 15.8 Å². The number of hydrogen-bond acceptors (Lipinski definition) is 6. The van der Waals surface area contributed by atoms with Gasteiger partial charge in [-0.3, -0.25) is 9.59 Å². The van der Waals surface area contributed by atoms with E-state index in [4.69, 9.17) is 4.98 Å². The zero-order valence-corrected chi connectivity index (χ0v) is 24.6. The third-order valence-electron chi connectivity index (χ3n) is 8.70. The number of fused-ring (bicyclic) bond motifs is 7. The minimum absolute atomic E-state index is 0.0135. The summed E-state index contributed by atoms with van der Waals surface area (Å²) in [5, 5.41) is 4.97. The summed E-state index contributed by atoms with van der Waals surface area (Å²) >= 11 is 0. The number of nitrogens with one attached hydrogen (secondary N) is 1. The van der Waals surface area contributed by atoms with Gasteiger partial charge >= 0.3 is 0 Å². The Kier molecular flexibility index (Phi) is 7.06. The van der Waals surface area contributed by atoms with E-state index in [9.17, 15) is 9.59 Å². The predicted molar refractivity (Wildman–Crippen MR) is 171 cm³/mol. The lowest BCUT2D eigenvalue weighted by atomic mass is 10.1. The first kappa shape index (κ1) is 27.2. The van der Waals surface area contributed by atoms with Crippen LogP contribution in [0.15, 0.2) is 77.9 Å². The molecule has 0 atom stereocenters. The zero-order valence-electron chi connectivity index (χ0n) is 24.6. The fraction of sp³-hybridized carbons (Fsp3) is 0.333.